The second kappa shape index (κ2) is 9.31. The number of nitro benzene ring substituents is 1. The summed E-state index contributed by atoms with van der Waals surface area (Å²) in [7, 11) is -3.91. The summed E-state index contributed by atoms with van der Waals surface area (Å²) in [6.45, 7) is 3.43. The maximum Gasteiger partial charge on any atom is 0.289 e. The Bertz CT molecular complexity index is 583. The number of nitro groups is 1. The first-order valence-electron chi connectivity index (χ1n) is 6.03. The molecule has 1 rings (SSSR count). The Morgan fingerprint density at radius 1 is 1.29 bits per heavy atom. The van der Waals surface area contributed by atoms with Crippen molar-refractivity contribution < 1.29 is 13.3 Å². The standard InChI is InChI=1S/C11H16BrN3O4S.ClH/c1-2-5-13-6-7-14-20(18,19)11-8-9(12)3-4-10(11)15(16)17;/h3-4,8,13-14H,2,5-7H2,1H3;1H. The average Bonchev–Trinajstić information content (AvgIpc) is 2.38. The summed E-state index contributed by atoms with van der Waals surface area (Å²) in [4.78, 5) is 9.83. The number of nitrogens with one attached hydrogen (secondary N) is 2. The van der Waals surface area contributed by atoms with E-state index in [-0.39, 0.29) is 23.8 Å². The Labute approximate surface area is 138 Å². The van der Waals surface area contributed by atoms with Crippen LogP contribution >= 0.6 is 28.3 Å². The van der Waals surface area contributed by atoms with Crippen LogP contribution in [0.3, 0.4) is 0 Å². The molecule has 0 aliphatic heterocycles. The number of benzene rings is 1. The van der Waals surface area contributed by atoms with Crippen molar-refractivity contribution in [2.75, 3.05) is 19.6 Å². The zero-order chi connectivity index (χ0) is 15.2. The third kappa shape index (κ3) is 6.27. The van der Waals surface area contributed by atoms with Gasteiger partial charge in [-0.25, -0.2) is 13.1 Å². The van der Waals surface area contributed by atoms with Gasteiger partial charge in [0, 0.05) is 23.6 Å². The quantitative estimate of drug-likeness (QED) is 0.394. The van der Waals surface area contributed by atoms with Gasteiger partial charge in [-0.05, 0) is 25.1 Å². The van der Waals surface area contributed by atoms with Gasteiger partial charge in [0.2, 0.25) is 10.0 Å². The van der Waals surface area contributed by atoms with Gasteiger partial charge in [0.25, 0.3) is 5.69 Å². The molecule has 0 heterocycles. The molecule has 7 nitrogen and oxygen atoms in total. The summed E-state index contributed by atoms with van der Waals surface area (Å²) in [5.74, 6) is 0. The van der Waals surface area contributed by atoms with E-state index in [2.05, 4.69) is 26.0 Å². The lowest BCUT2D eigenvalue weighted by atomic mass is 10.3. The van der Waals surface area contributed by atoms with Crippen LogP contribution < -0.4 is 10.0 Å². The summed E-state index contributed by atoms with van der Waals surface area (Å²) in [5, 5.41) is 13.9. The average molecular weight is 403 g/mol. The van der Waals surface area contributed by atoms with Crippen LogP contribution in [0, 0.1) is 10.1 Å². The topological polar surface area (TPSA) is 101 Å². The molecule has 0 saturated carbocycles. The molecular formula is C11H17BrClN3O4S. The Morgan fingerprint density at radius 2 is 1.95 bits per heavy atom. The van der Waals surface area contributed by atoms with E-state index in [1.165, 1.54) is 12.1 Å². The highest BCUT2D eigenvalue weighted by molar-refractivity contribution is 9.10. The van der Waals surface area contributed by atoms with E-state index < -0.39 is 20.6 Å². The maximum absolute atomic E-state index is 12.1. The molecule has 0 saturated heterocycles. The highest BCUT2D eigenvalue weighted by Gasteiger charge is 2.25. The third-order valence-corrected chi connectivity index (χ3v) is 4.41. The van der Waals surface area contributed by atoms with E-state index in [9.17, 15) is 18.5 Å². The highest BCUT2D eigenvalue weighted by atomic mass is 79.9. The molecule has 0 spiro atoms. The zero-order valence-corrected chi connectivity index (χ0v) is 14.6. The van der Waals surface area contributed by atoms with Crippen molar-refractivity contribution in [2.24, 2.45) is 0 Å². The van der Waals surface area contributed by atoms with Crippen LogP contribution in [0.25, 0.3) is 0 Å². The van der Waals surface area contributed by atoms with Crippen molar-refractivity contribution in [2.45, 2.75) is 18.2 Å². The second-order valence-electron chi connectivity index (χ2n) is 4.02. The Balaban J connectivity index is 0.00000400. The molecule has 0 radical (unpaired) electrons. The molecule has 0 bridgehead atoms. The predicted molar refractivity (Wildman–Crippen MR) is 86.4 cm³/mol. The molecule has 21 heavy (non-hydrogen) atoms. The summed E-state index contributed by atoms with van der Waals surface area (Å²) in [5.41, 5.74) is -0.442. The fraction of sp³-hybridized carbons (Fsp3) is 0.455. The molecule has 1 aromatic carbocycles. The molecule has 120 valence electrons. The number of hydrogen-bond acceptors (Lipinski definition) is 5. The maximum atomic E-state index is 12.1. The van der Waals surface area contributed by atoms with Gasteiger partial charge in [0.05, 0.1) is 4.92 Å². The van der Waals surface area contributed by atoms with Crippen LogP contribution in [0.5, 0.6) is 0 Å². The van der Waals surface area contributed by atoms with Crippen LogP contribution in [-0.4, -0.2) is 33.0 Å². The summed E-state index contributed by atoms with van der Waals surface area (Å²) in [6, 6.07) is 3.81. The van der Waals surface area contributed by atoms with Crippen molar-refractivity contribution in [3.05, 3.63) is 32.8 Å². The first kappa shape index (κ1) is 20.3. The monoisotopic (exact) mass is 401 g/mol. The van der Waals surface area contributed by atoms with Gasteiger partial charge in [-0.15, -0.1) is 12.4 Å². The van der Waals surface area contributed by atoms with Gasteiger partial charge < -0.3 is 5.32 Å². The van der Waals surface area contributed by atoms with Gasteiger partial charge in [-0.1, -0.05) is 22.9 Å². The molecule has 0 atom stereocenters. The molecule has 0 amide bonds. The summed E-state index contributed by atoms with van der Waals surface area (Å²) < 4.78 is 27.0. The number of halogens is 2. The van der Waals surface area contributed by atoms with Crippen molar-refractivity contribution in [3.63, 3.8) is 0 Å². The van der Waals surface area contributed by atoms with Crippen LogP contribution in [0.15, 0.2) is 27.6 Å². The van der Waals surface area contributed by atoms with Crippen molar-refractivity contribution in [3.8, 4) is 0 Å². The predicted octanol–water partition coefficient (Wildman–Crippen LogP) is 2.06. The number of hydrogen-bond donors (Lipinski definition) is 2. The minimum atomic E-state index is -3.91. The van der Waals surface area contributed by atoms with E-state index in [1.54, 1.807) is 0 Å². The number of rotatable bonds is 8. The van der Waals surface area contributed by atoms with Crippen LogP contribution in [0.1, 0.15) is 13.3 Å². The van der Waals surface area contributed by atoms with Crippen molar-refractivity contribution >= 4 is 44.0 Å². The van der Waals surface area contributed by atoms with Crippen LogP contribution in [-0.2, 0) is 10.0 Å². The molecule has 2 N–H and O–H groups in total. The normalized spacial score (nSPS) is 11.0. The zero-order valence-electron chi connectivity index (χ0n) is 11.3. The fourth-order valence-corrected chi connectivity index (χ4v) is 3.25. The van der Waals surface area contributed by atoms with Crippen molar-refractivity contribution in [1.29, 1.82) is 0 Å². The van der Waals surface area contributed by atoms with Gasteiger partial charge >= 0.3 is 0 Å². The fourth-order valence-electron chi connectivity index (χ4n) is 1.51. The third-order valence-electron chi connectivity index (χ3n) is 2.43. The Kier molecular flexibility index (Phi) is 8.98. The van der Waals surface area contributed by atoms with Gasteiger partial charge in [0.1, 0.15) is 0 Å². The minimum Gasteiger partial charge on any atom is -0.315 e. The largest absolute Gasteiger partial charge is 0.315 e. The highest BCUT2D eigenvalue weighted by Crippen LogP contribution is 2.26. The van der Waals surface area contributed by atoms with E-state index in [0.29, 0.717) is 11.0 Å². The van der Waals surface area contributed by atoms with Gasteiger partial charge in [0.15, 0.2) is 4.90 Å². The van der Waals surface area contributed by atoms with Crippen LogP contribution in [0.4, 0.5) is 5.69 Å². The lowest BCUT2D eigenvalue weighted by molar-refractivity contribution is -0.387. The van der Waals surface area contributed by atoms with Gasteiger partial charge in [-0.3, -0.25) is 10.1 Å². The molecular weight excluding hydrogens is 386 g/mol. The Morgan fingerprint density at radius 3 is 2.52 bits per heavy atom. The molecule has 0 aromatic heterocycles. The van der Waals surface area contributed by atoms with E-state index in [0.717, 1.165) is 19.0 Å². The first-order valence-corrected chi connectivity index (χ1v) is 8.30. The lowest BCUT2D eigenvalue weighted by Crippen LogP contribution is -2.32. The van der Waals surface area contributed by atoms with E-state index in [4.69, 9.17) is 0 Å². The molecule has 0 aliphatic carbocycles. The molecule has 0 aliphatic rings. The summed E-state index contributed by atoms with van der Waals surface area (Å²) >= 11 is 3.11. The number of sulfonamides is 1. The smallest absolute Gasteiger partial charge is 0.289 e. The minimum absolute atomic E-state index is 0. The second-order valence-corrected chi connectivity index (χ2v) is 6.67. The number of nitrogens with zero attached hydrogens (tertiary/aromatic N) is 1. The van der Waals surface area contributed by atoms with Crippen LogP contribution in [0.2, 0.25) is 0 Å². The Hall–Kier alpha value is -0.740. The first-order chi connectivity index (χ1) is 9.38. The SMILES string of the molecule is CCCNCCNS(=O)(=O)c1cc(Br)ccc1[N+](=O)[O-].Cl. The molecule has 1 aromatic rings. The van der Waals surface area contributed by atoms with Crippen molar-refractivity contribution in [1.82, 2.24) is 10.0 Å². The molecule has 0 unspecified atom stereocenters. The summed E-state index contributed by atoms with van der Waals surface area (Å²) in [6.07, 6.45) is 0.948. The molecule has 10 heteroatoms. The van der Waals surface area contributed by atoms with E-state index >= 15 is 0 Å². The van der Waals surface area contributed by atoms with Gasteiger partial charge in [-0.2, -0.15) is 0 Å². The molecule has 0 fully saturated rings. The lowest BCUT2D eigenvalue weighted by Gasteiger charge is -2.08. The van der Waals surface area contributed by atoms with E-state index in [1.807, 2.05) is 6.92 Å².